The Kier molecular flexibility index (Phi) is 11.7. The highest BCUT2D eigenvalue weighted by atomic mass is 32.2. The number of hydrogen-bond acceptors (Lipinski definition) is 7. The molecule has 4 atom stereocenters. The van der Waals surface area contributed by atoms with E-state index in [4.69, 9.17) is 0 Å². The Morgan fingerprint density at radius 2 is 1.48 bits per heavy atom. The first-order chi connectivity index (χ1) is 10.7. The summed E-state index contributed by atoms with van der Waals surface area (Å²) >= 11 is 3.11. The van der Waals surface area contributed by atoms with E-state index in [1.54, 1.807) is 23.5 Å². The number of aliphatic hydroxyl groups excluding tert-OH is 3. The number of hydrogen-bond donors (Lipinski definition) is 5. The van der Waals surface area contributed by atoms with E-state index in [9.17, 15) is 24.9 Å². The lowest BCUT2D eigenvalue weighted by molar-refractivity contribution is -0.122. The summed E-state index contributed by atoms with van der Waals surface area (Å²) in [6, 6.07) is -0.718. The average molecular weight is 369 g/mol. The molecule has 0 radical (unpaired) electrons. The highest BCUT2D eigenvalue weighted by Gasteiger charge is 2.36. The maximum absolute atomic E-state index is 11.4. The van der Waals surface area contributed by atoms with E-state index in [1.807, 2.05) is 13.8 Å². The van der Waals surface area contributed by atoms with Gasteiger partial charge in [-0.15, -0.1) is 23.5 Å². The second-order valence-electron chi connectivity index (χ2n) is 4.99. The molecular formula is C14H28N2O5S2. The Labute approximate surface area is 146 Å². The SMILES string of the molecule is CCSC(SCC)[C@H](NC(C)=O)[C@@H](O)[C@H](O)[C@@H](O)CNC(C)=O. The number of thioether (sulfide) groups is 2. The largest absolute Gasteiger partial charge is 0.388 e. The van der Waals surface area contributed by atoms with Crippen molar-refractivity contribution < 1.29 is 24.9 Å². The van der Waals surface area contributed by atoms with Gasteiger partial charge in [-0.1, -0.05) is 13.8 Å². The molecule has 0 heterocycles. The van der Waals surface area contributed by atoms with Gasteiger partial charge in [0.05, 0.1) is 16.7 Å². The average Bonchev–Trinajstić information content (AvgIpc) is 2.48. The minimum absolute atomic E-state index is 0.161. The molecule has 0 aromatic heterocycles. The summed E-state index contributed by atoms with van der Waals surface area (Å²) < 4.78 is -0.161. The minimum atomic E-state index is -1.49. The maximum atomic E-state index is 11.4. The van der Waals surface area contributed by atoms with Crippen LogP contribution in [-0.4, -0.2) is 74.1 Å². The first-order valence-electron chi connectivity index (χ1n) is 7.53. The Bertz CT molecular complexity index is 367. The van der Waals surface area contributed by atoms with Gasteiger partial charge in [-0.2, -0.15) is 0 Å². The molecular weight excluding hydrogens is 340 g/mol. The van der Waals surface area contributed by atoms with E-state index in [0.717, 1.165) is 11.5 Å². The predicted octanol–water partition coefficient (Wildman–Crippen LogP) is -0.458. The first-order valence-corrected chi connectivity index (χ1v) is 9.63. The summed E-state index contributed by atoms with van der Waals surface area (Å²) in [5.41, 5.74) is 0. The molecule has 0 aliphatic rings. The molecule has 9 heteroatoms. The second-order valence-corrected chi connectivity index (χ2v) is 8.13. The number of nitrogens with one attached hydrogen (secondary N) is 2. The lowest BCUT2D eigenvalue weighted by Crippen LogP contribution is -2.56. The van der Waals surface area contributed by atoms with Crippen LogP contribution < -0.4 is 10.6 Å². The molecule has 23 heavy (non-hydrogen) atoms. The van der Waals surface area contributed by atoms with Crippen LogP contribution in [0.1, 0.15) is 27.7 Å². The van der Waals surface area contributed by atoms with Crippen molar-refractivity contribution in [1.82, 2.24) is 10.6 Å². The first kappa shape index (κ1) is 22.5. The predicted molar refractivity (Wildman–Crippen MR) is 94.4 cm³/mol. The molecule has 0 aromatic rings. The van der Waals surface area contributed by atoms with Crippen molar-refractivity contribution in [2.24, 2.45) is 0 Å². The van der Waals surface area contributed by atoms with E-state index < -0.39 is 24.4 Å². The topological polar surface area (TPSA) is 119 Å². The van der Waals surface area contributed by atoms with Gasteiger partial charge >= 0.3 is 0 Å². The van der Waals surface area contributed by atoms with Gasteiger partial charge in [-0.25, -0.2) is 0 Å². The van der Waals surface area contributed by atoms with Crippen LogP contribution >= 0.6 is 23.5 Å². The quantitative estimate of drug-likeness (QED) is 0.313. The summed E-state index contributed by atoms with van der Waals surface area (Å²) in [5, 5.41) is 35.5. The van der Waals surface area contributed by atoms with Crippen LogP contribution in [0.3, 0.4) is 0 Å². The number of carbonyl (C=O) groups excluding carboxylic acids is 2. The van der Waals surface area contributed by atoms with Crippen LogP contribution in [0.4, 0.5) is 0 Å². The highest BCUT2D eigenvalue weighted by molar-refractivity contribution is 8.17. The highest BCUT2D eigenvalue weighted by Crippen LogP contribution is 2.29. The third-order valence-electron chi connectivity index (χ3n) is 3.00. The molecule has 0 unspecified atom stereocenters. The van der Waals surface area contributed by atoms with Crippen molar-refractivity contribution in [3.8, 4) is 0 Å². The fourth-order valence-corrected chi connectivity index (χ4v) is 4.67. The van der Waals surface area contributed by atoms with Crippen molar-refractivity contribution in [3.05, 3.63) is 0 Å². The summed E-state index contributed by atoms with van der Waals surface area (Å²) in [6.07, 6.45) is -4.18. The van der Waals surface area contributed by atoms with Crippen LogP contribution in [0.15, 0.2) is 0 Å². The van der Waals surface area contributed by atoms with Crippen molar-refractivity contribution in [2.75, 3.05) is 18.1 Å². The lowest BCUT2D eigenvalue weighted by Gasteiger charge is -2.34. The van der Waals surface area contributed by atoms with Crippen LogP contribution in [0.2, 0.25) is 0 Å². The normalized spacial score (nSPS) is 16.5. The van der Waals surface area contributed by atoms with Crippen LogP contribution in [0.25, 0.3) is 0 Å². The smallest absolute Gasteiger partial charge is 0.217 e. The van der Waals surface area contributed by atoms with E-state index in [-0.39, 0.29) is 22.9 Å². The molecule has 0 aromatic carbocycles. The number of aliphatic hydroxyl groups is 3. The van der Waals surface area contributed by atoms with Gasteiger partial charge in [0.25, 0.3) is 0 Å². The van der Waals surface area contributed by atoms with Gasteiger partial charge in [-0.05, 0) is 11.5 Å². The lowest BCUT2D eigenvalue weighted by atomic mass is 10.0. The number of carbonyl (C=O) groups is 2. The summed E-state index contributed by atoms with van der Waals surface area (Å²) in [7, 11) is 0. The molecule has 2 amide bonds. The van der Waals surface area contributed by atoms with Crippen molar-refractivity contribution in [1.29, 1.82) is 0 Å². The third kappa shape index (κ3) is 8.80. The maximum Gasteiger partial charge on any atom is 0.217 e. The summed E-state index contributed by atoms with van der Waals surface area (Å²) in [5.74, 6) is 0.900. The molecule has 5 N–H and O–H groups in total. The fourth-order valence-electron chi connectivity index (χ4n) is 1.94. The monoisotopic (exact) mass is 368 g/mol. The molecule has 0 bridgehead atoms. The van der Waals surface area contributed by atoms with Crippen LogP contribution in [0, 0.1) is 0 Å². The molecule has 0 rings (SSSR count). The number of amides is 2. The Morgan fingerprint density at radius 1 is 0.957 bits per heavy atom. The molecule has 0 spiro atoms. The zero-order valence-electron chi connectivity index (χ0n) is 14.0. The molecule has 0 aliphatic carbocycles. The standard InChI is InChI=1S/C14H28N2O5S2/c1-5-22-14(23-6-2)11(16-9(4)18)13(21)12(20)10(19)7-15-8(3)17/h10-14,19-21H,5-7H2,1-4H3,(H,15,17)(H,16,18)/t10-,11+,12+,13+/m0/s1. The third-order valence-corrected chi connectivity index (χ3v) is 5.72. The van der Waals surface area contributed by atoms with Gasteiger partial charge < -0.3 is 26.0 Å². The molecule has 0 aliphatic heterocycles. The van der Waals surface area contributed by atoms with Gasteiger partial charge in [-0.3, -0.25) is 9.59 Å². The van der Waals surface area contributed by atoms with Crippen molar-refractivity contribution in [3.63, 3.8) is 0 Å². The van der Waals surface area contributed by atoms with E-state index in [1.165, 1.54) is 13.8 Å². The van der Waals surface area contributed by atoms with E-state index in [0.29, 0.717) is 0 Å². The van der Waals surface area contributed by atoms with Crippen LogP contribution in [0.5, 0.6) is 0 Å². The zero-order chi connectivity index (χ0) is 18.0. The Morgan fingerprint density at radius 3 is 1.87 bits per heavy atom. The molecule has 136 valence electrons. The van der Waals surface area contributed by atoms with Crippen molar-refractivity contribution in [2.45, 2.75) is 56.6 Å². The molecule has 0 saturated heterocycles. The van der Waals surface area contributed by atoms with Gasteiger partial charge in [0.15, 0.2) is 0 Å². The van der Waals surface area contributed by atoms with Gasteiger partial charge in [0.1, 0.15) is 12.2 Å². The summed E-state index contributed by atoms with van der Waals surface area (Å²) in [4.78, 5) is 22.3. The van der Waals surface area contributed by atoms with Gasteiger partial charge in [0, 0.05) is 20.4 Å². The Balaban J connectivity index is 5.04. The molecule has 0 fully saturated rings. The van der Waals surface area contributed by atoms with E-state index >= 15 is 0 Å². The molecule has 0 saturated carbocycles. The van der Waals surface area contributed by atoms with Crippen molar-refractivity contribution >= 4 is 35.3 Å². The van der Waals surface area contributed by atoms with E-state index in [2.05, 4.69) is 10.6 Å². The second kappa shape index (κ2) is 12.0. The zero-order valence-corrected chi connectivity index (χ0v) is 15.6. The Hall–Kier alpha value is -0.480. The number of rotatable bonds is 11. The van der Waals surface area contributed by atoms with Crippen LogP contribution in [-0.2, 0) is 9.59 Å². The minimum Gasteiger partial charge on any atom is -0.388 e. The van der Waals surface area contributed by atoms with Gasteiger partial charge in [0.2, 0.25) is 11.8 Å². The fraction of sp³-hybridized carbons (Fsp3) is 0.857. The summed E-state index contributed by atoms with van der Waals surface area (Å²) in [6.45, 7) is 6.39. The molecule has 7 nitrogen and oxygen atoms in total.